The summed E-state index contributed by atoms with van der Waals surface area (Å²) in [5.41, 5.74) is 5.71. The molecule has 2 amide bonds. The molecule has 1 heterocycles. The number of hydroxylamine groups is 1. The van der Waals surface area contributed by atoms with E-state index in [1.165, 1.54) is 46.8 Å². The zero-order valence-electron chi connectivity index (χ0n) is 25.1. The third-order valence-corrected chi connectivity index (χ3v) is 11.1. The largest absolute Gasteiger partial charge is 0.573 e. The minimum Gasteiger partial charge on any atom is -0.457 e. The van der Waals surface area contributed by atoms with Crippen LogP contribution in [0.5, 0.6) is 17.2 Å². The van der Waals surface area contributed by atoms with Gasteiger partial charge >= 0.3 is 12.5 Å². The lowest BCUT2D eigenvalue weighted by Crippen LogP contribution is -2.58. The average Bonchev–Trinajstić information content (AvgIpc) is 3.40. The fourth-order valence-electron chi connectivity index (χ4n) is 6.21. The first-order valence-corrected chi connectivity index (χ1v) is 16.3. The molecule has 250 valence electrons. The quantitative estimate of drug-likeness (QED) is 0.160. The summed E-state index contributed by atoms with van der Waals surface area (Å²) in [6.07, 6.45) is -6.11. The van der Waals surface area contributed by atoms with Crippen molar-refractivity contribution in [1.82, 2.24) is 10.4 Å². The molecule has 1 aliphatic carbocycles. The number of sulfone groups is 1. The van der Waals surface area contributed by atoms with Gasteiger partial charge in [0.1, 0.15) is 23.9 Å². The normalized spacial score (nSPS) is 15.6. The molecule has 4 aromatic carbocycles. The molecule has 1 fully saturated rings. The van der Waals surface area contributed by atoms with Crippen LogP contribution in [0.3, 0.4) is 0 Å². The Kier molecular flexibility index (Phi) is 8.79. The molecule has 0 unspecified atom stereocenters. The second kappa shape index (κ2) is 12.8. The van der Waals surface area contributed by atoms with Crippen molar-refractivity contribution >= 4 is 21.8 Å². The molecule has 1 saturated heterocycles. The highest BCUT2D eigenvalue weighted by atomic mass is 32.2. The van der Waals surface area contributed by atoms with E-state index in [1.807, 2.05) is 48.5 Å². The number of piperidine rings is 1. The van der Waals surface area contributed by atoms with Gasteiger partial charge in [-0.15, -0.1) is 13.2 Å². The maximum atomic E-state index is 13.9. The summed E-state index contributed by atoms with van der Waals surface area (Å²) in [6.45, 7) is -0.180. The molecule has 6 rings (SSSR count). The van der Waals surface area contributed by atoms with Crippen molar-refractivity contribution in [3.8, 4) is 28.4 Å². The molecule has 4 aromatic rings. The molecule has 0 spiro atoms. The fraction of sp³-hybridized carbons (Fsp3) is 0.235. The van der Waals surface area contributed by atoms with Crippen LogP contribution in [-0.2, 0) is 19.4 Å². The first-order chi connectivity index (χ1) is 22.9. The zero-order valence-corrected chi connectivity index (χ0v) is 26.0. The van der Waals surface area contributed by atoms with Crippen molar-refractivity contribution in [2.75, 3.05) is 19.7 Å². The Hall–Kier alpha value is -5.08. The van der Waals surface area contributed by atoms with Crippen LogP contribution in [-0.4, -0.2) is 61.3 Å². The van der Waals surface area contributed by atoms with Crippen molar-refractivity contribution in [3.05, 3.63) is 108 Å². The fourth-order valence-corrected chi connectivity index (χ4v) is 8.17. The van der Waals surface area contributed by atoms with Gasteiger partial charge in [0.2, 0.25) is 0 Å². The second-order valence-electron chi connectivity index (χ2n) is 11.3. The second-order valence-corrected chi connectivity index (χ2v) is 13.6. The van der Waals surface area contributed by atoms with Crippen LogP contribution in [0.2, 0.25) is 0 Å². The molecular weight excluding hydrogens is 653 g/mol. The Balaban J connectivity index is 1.11. The van der Waals surface area contributed by atoms with Gasteiger partial charge in [0.05, 0.1) is 4.90 Å². The summed E-state index contributed by atoms with van der Waals surface area (Å²) in [4.78, 5) is 27.2. The van der Waals surface area contributed by atoms with Gasteiger partial charge in [0.15, 0.2) is 14.6 Å². The molecule has 48 heavy (non-hydrogen) atoms. The molecule has 14 heteroatoms. The molecule has 0 radical (unpaired) electrons. The van der Waals surface area contributed by atoms with Crippen LogP contribution in [0, 0.1) is 0 Å². The molecule has 0 atom stereocenters. The van der Waals surface area contributed by atoms with E-state index in [2.05, 4.69) is 4.74 Å². The van der Waals surface area contributed by atoms with Crippen LogP contribution < -0.4 is 15.0 Å². The highest BCUT2D eigenvalue weighted by Gasteiger charge is 2.53. The van der Waals surface area contributed by atoms with Crippen LogP contribution in [0.1, 0.15) is 29.9 Å². The summed E-state index contributed by atoms with van der Waals surface area (Å²) in [7, 11) is -4.42. The van der Waals surface area contributed by atoms with Crippen molar-refractivity contribution in [1.29, 1.82) is 0 Å². The number of benzene rings is 4. The predicted molar refractivity (Wildman–Crippen MR) is 165 cm³/mol. The Labute approximate surface area is 273 Å². The zero-order chi connectivity index (χ0) is 34.1. The SMILES string of the molecule is O=C(OCC1c2ccccc2-c2ccccc21)N1CCC(C(=O)NO)(S(=O)(=O)c2ccc(Oc3ccc(OC(F)(F)F)cc3)cc2)CC1. The minimum absolute atomic E-state index is 0.0732. The van der Waals surface area contributed by atoms with Crippen LogP contribution >= 0.6 is 0 Å². The number of hydrogen-bond acceptors (Lipinski definition) is 8. The van der Waals surface area contributed by atoms with E-state index < -0.39 is 38.7 Å². The van der Waals surface area contributed by atoms with Crippen molar-refractivity contribution in [3.63, 3.8) is 0 Å². The monoisotopic (exact) mass is 682 g/mol. The molecule has 2 N–H and O–H groups in total. The Morgan fingerprint density at radius 3 is 1.83 bits per heavy atom. The lowest BCUT2D eigenvalue weighted by molar-refractivity contribution is -0.274. The molecule has 10 nitrogen and oxygen atoms in total. The van der Waals surface area contributed by atoms with Gasteiger partial charge < -0.3 is 19.1 Å². The molecule has 1 aliphatic heterocycles. The standard InChI is InChI=1S/C34H29F3N2O8S/c35-34(36,37)47-24-11-9-22(10-12-24)46-23-13-15-25(16-14-23)48(43,44)33(31(40)38-42)17-19-39(20-18-33)32(41)45-21-30-28-7-3-1-5-26(28)27-6-2-4-8-29(27)30/h1-16,30,42H,17-21H2,(H,38,40). The Bertz CT molecular complexity index is 1880. The Morgan fingerprint density at radius 1 is 0.812 bits per heavy atom. The van der Waals surface area contributed by atoms with Crippen LogP contribution in [0.15, 0.2) is 102 Å². The lowest BCUT2D eigenvalue weighted by atomic mass is 9.95. The van der Waals surface area contributed by atoms with Gasteiger partial charge in [0.25, 0.3) is 5.91 Å². The maximum absolute atomic E-state index is 13.9. The number of amides is 2. The van der Waals surface area contributed by atoms with Gasteiger partial charge in [-0.1, -0.05) is 48.5 Å². The van der Waals surface area contributed by atoms with E-state index in [-0.39, 0.29) is 54.9 Å². The van der Waals surface area contributed by atoms with Gasteiger partial charge in [-0.25, -0.2) is 18.7 Å². The average molecular weight is 683 g/mol. The number of likely N-dealkylation sites (tertiary alicyclic amines) is 1. The molecule has 2 aliphatic rings. The lowest BCUT2D eigenvalue weighted by Gasteiger charge is -2.39. The van der Waals surface area contributed by atoms with Gasteiger partial charge in [-0.2, -0.15) is 0 Å². The summed E-state index contributed by atoms with van der Waals surface area (Å²) in [6, 6.07) is 25.5. The molecular formula is C34H29F3N2O8S. The number of fused-ring (bicyclic) bond motifs is 3. The van der Waals surface area contributed by atoms with Gasteiger partial charge in [0, 0.05) is 19.0 Å². The van der Waals surface area contributed by atoms with E-state index in [1.54, 1.807) is 0 Å². The van der Waals surface area contributed by atoms with E-state index >= 15 is 0 Å². The number of rotatable bonds is 8. The van der Waals surface area contributed by atoms with Crippen molar-refractivity contribution in [2.45, 2.75) is 34.8 Å². The van der Waals surface area contributed by atoms with Crippen LogP contribution in [0.25, 0.3) is 11.1 Å². The third-order valence-electron chi connectivity index (χ3n) is 8.62. The topological polar surface area (TPSA) is 131 Å². The van der Waals surface area contributed by atoms with Crippen molar-refractivity contribution < 1.29 is 50.6 Å². The summed E-state index contributed by atoms with van der Waals surface area (Å²) < 4.78 is 78.1. The van der Waals surface area contributed by atoms with E-state index in [9.17, 15) is 36.4 Å². The van der Waals surface area contributed by atoms with Crippen LogP contribution in [0.4, 0.5) is 18.0 Å². The maximum Gasteiger partial charge on any atom is 0.573 e. The number of carbonyl (C=O) groups is 2. The highest BCUT2D eigenvalue weighted by Crippen LogP contribution is 2.45. The van der Waals surface area contributed by atoms with Gasteiger partial charge in [-0.3, -0.25) is 10.0 Å². The summed E-state index contributed by atoms with van der Waals surface area (Å²) in [5, 5.41) is 9.53. The van der Waals surface area contributed by atoms with E-state index in [0.717, 1.165) is 34.4 Å². The number of ether oxygens (including phenoxy) is 3. The molecule has 0 saturated carbocycles. The molecule has 0 bridgehead atoms. The summed E-state index contributed by atoms with van der Waals surface area (Å²) in [5.74, 6) is -1.40. The number of halogens is 3. The highest BCUT2D eigenvalue weighted by molar-refractivity contribution is 7.93. The minimum atomic E-state index is -4.84. The van der Waals surface area contributed by atoms with Gasteiger partial charge in [-0.05, 0) is 83.6 Å². The smallest absolute Gasteiger partial charge is 0.457 e. The first kappa shape index (κ1) is 32.8. The number of hydrogen-bond donors (Lipinski definition) is 2. The number of nitrogens with zero attached hydrogens (tertiary/aromatic N) is 1. The predicted octanol–water partition coefficient (Wildman–Crippen LogP) is 6.44. The van der Waals surface area contributed by atoms with Crippen molar-refractivity contribution in [2.24, 2.45) is 0 Å². The number of nitrogens with one attached hydrogen (secondary N) is 1. The number of alkyl halides is 3. The third kappa shape index (κ3) is 6.28. The molecule has 0 aromatic heterocycles. The van der Waals surface area contributed by atoms with E-state index in [4.69, 9.17) is 9.47 Å². The first-order valence-electron chi connectivity index (χ1n) is 14.8. The summed E-state index contributed by atoms with van der Waals surface area (Å²) >= 11 is 0. The number of carbonyl (C=O) groups excluding carboxylic acids is 2. The Morgan fingerprint density at radius 2 is 1.31 bits per heavy atom. The van der Waals surface area contributed by atoms with E-state index in [0.29, 0.717) is 0 Å².